The average Bonchev–Trinajstić information content (AvgIpc) is 2.19. The minimum Gasteiger partial charge on any atom is -0.393 e. The van der Waals surface area contributed by atoms with Crippen LogP contribution in [0.2, 0.25) is 0 Å². The molecule has 1 rings (SSSR count). The molecule has 0 saturated carbocycles. The normalized spacial score (nSPS) is 15.3. The van der Waals surface area contributed by atoms with Gasteiger partial charge >= 0.3 is 1.43 Å². The van der Waals surface area contributed by atoms with Gasteiger partial charge in [-0.3, -0.25) is 0 Å². The van der Waals surface area contributed by atoms with Crippen LogP contribution in [0.25, 0.3) is 0 Å². The third-order valence-corrected chi connectivity index (χ3v) is 1.96. The lowest BCUT2D eigenvalue weighted by Gasteiger charge is -2.13. The quantitative estimate of drug-likeness (QED) is 0.741. The number of aliphatic hydroxyl groups is 2. The number of benzene rings is 1. The molecule has 71 valence electrons. The fourth-order valence-corrected chi connectivity index (χ4v) is 1.11. The van der Waals surface area contributed by atoms with Gasteiger partial charge in [0.2, 0.25) is 0 Å². The molecule has 0 aliphatic carbocycles. The van der Waals surface area contributed by atoms with Crippen LogP contribution in [0.4, 0.5) is 0 Å². The smallest absolute Gasteiger partial charge is 0.393 e. The van der Waals surface area contributed by atoms with Gasteiger partial charge in [0.05, 0.1) is 12.2 Å². The molecule has 0 aliphatic rings. The molecule has 1 aromatic carbocycles. The highest BCUT2D eigenvalue weighted by Gasteiger charge is 2.11. The van der Waals surface area contributed by atoms with E-state index in [9.17, 15) is 10.2 Å². The van der Waals surface area contributed by atoms with E-state index >= 15 is 0 Å². The standard InChI is InChI=1S/C11H15O2/c1-2-10(12)8-11(13)9-6-4-3-5-7-9/h3-8,10-13H,2H2,1H3/p+1. The molecule has 2 atom stereocenters. The maximum absolute atomic E-state index is 9.61. The van der Waals surface area contributed by atoms with E-state index in [-0.39, 0.29) is 1.43 Å². The Labute approximate surface area is 80.3 Å². The zero-order chi connectivity index (χ0) is 9.68. The molecule has 0 heterocycles. The third-order valence-electron chi connectivity index (χ3n) is 1.96. The Morgan fingerprint density at radius 1 is 1.31 bits per heavy atom. The molecule has 2 nitrogen and oxygen atoms in total. The Bertz CT molecular complexity index is 238. The van der Waals surface area contributed by atoms with E-state index in [0.717, 1.165) is 5.56 Å². The molecule has 2 unspecified atom stereocenters. The molecule has 0 fully saturated rings. The summed E-state index contributed by atoms with van der Waals surface area (Å²) in [6, 6.07) is 9.30. The molecule has 2 N–H and O–H groups in total. The van der Waals surface area contributed by atoms with Crippen LogP contribution in [0.3, 0.4) is 0 Å². The van der Waals surface area contributed by atoms with Crippen molar-refractivity contribution in [1.29, 1.82) is 0 Å². The van der Waals surface area contributed by atoms with E-state index in [2.05, 4.69) is 0 Å². The summed E-state index contributed by atoms with van der Waals surface area (Å²) in [5, 5.41) is 18.9. The van der Waals surface area contributed by atoms with E-state index < -0.39 is 12.2 Å². The molecular weight excluding hydrogens is 164 g/mol. The van der Waals surface area contributed by atoms with Crippen molar-refractivity contribution in [3.8, 4) is 0 Å². The lowest BCUT2D eigenvalue weighted by molar-refractivity contribution is 0.136. The van der Waals surface area contributed by atoms with Gasteiger partial charge in [0.1, 0.15) is 0 Å². The maximum atomic E-state index is 9.61. The SMILES string of the molecule is CCC(O)[CH]C(O)c1ccccc1.[H+]. The van der Waals surface area contributed by atoms with Crippen molar-refractivity contribution in [2.24, 2.45) is 0 Å². The molecule has 0 amide bonds. The molecule has 2 heteroatoms. The fraction of sp³-hybridized carbons (Fsp3) is 0.364. The molecule has 13 heavy (non-hydrogen) atoms. The zero-order valence-corrected chi connectivity index (χ0v) is 7.72. The van der Waals surface area contributed by atoms with E-state index in [1.54, 1.807) is 0 Å². The number of aliphatic hydroxyl groups excluding tert-OH is 2. The maximum Gasteiger partial charge on any atom is 1.00 e. The molecule has 0 saturated heterocycles. The van der Waals surface area contributed by atoms with Crippen molar-refractivity contribution in [2.75, 3.05) is 0 Å². The van der Waals surface area contributed by atoms with Gasteiger partial charge in [-0.2, -0.15) is 0 Å². The minimum absolute atomic E-state index is 0. The molecule has 1 radical (unpaired) electrons. The van der Waals surface area contributed by atoms with Crippen molar-refractivity contribution < 1.29 is 11.6 Å². The second-order valence-electron chi connectivity index (χ2n) is 3.02. The van der Waals surface area contributed by atoms with Crippen molar-refractivity contribution >= 4 is 0 Å². The van der Waals surface area contributed by atoms with Gasteiger partial charge < -0.3 is 10.2 Å². The van der Waals surface area contributed by atoms with E-state index in [1.807, 2.05) is 37.3 Å². The van der Waals surface area contributed by atoms with E-state index in [4.69, 9.17) is 0 Å². The van der Waals surface area contributed by atoms with Gasteiger partial charge in [-0.05, 0) is 12.0 Å². The van der Waals surface area contributed by atoms with Gasteiger partial charge in [-0.15, -0.1) is 0 Å². The summed E-state index contributed by atoms with van der Waals surface area (Å²) < 4.78 is 0. The van der Waals surface area contributed by atoms with E-state index in [0.29, 0.717) is 6.42 Å². The summed E-state index contributed by atoms with van der Waals surface area (Å²) in [4.78, 5) is 0. The number of hydrogen-bond donors (Lipinski definition) is 2. The fourth-order valence-electron chi connectivity index (χ4n) is 1.11. The number of rotatable bonds is 4. The molecule has 1 aromatic rings. The second-order valence-corrected chi connectivity index (χ2v) is 3.02. The van der Waals surface area contributed by atoms with Gasteiger partial charge in [0, 0.05) is 6.42 Å². The molecule has 0 spiro atoms. The summed E-state index contributed by atoms with van der Waals surface area (Å²) >= 11 is 0. The first-order chi connectivity index (χ1) is 6.24. The third kappa shape index (κ3) is 3.17. The Morgan fingerprint density at radius 2 is 1.92 bits per heavy atom. The van der Waals surface area contributed by atoms with Crippen LogP contribution in [0, 0.1) is 6.42 Å². The Hall–Kier alpha value is -0.860. The van der Waals surface area contributed by atoms with Crippen LogP contribution in [0.1, 0.15) is 26.4 Å². The Morgan fingerprint density at radius 3 is 2.46 bits per heavy atom. The Kier molecular flexibility index (Phi) is 3.93. The molecule has 0 aliphatic heterocycles. The first-order valence-electron chi connectivity index (χ1n) is 4.50. The van der Waals surface area contributed by atoms with Gasteiger partial charge in [0.15, 0.2) is 0 Å². The van der Waals surface area contributed by atoms with Crippen LogP contribution in [-0.4, -0.2) is 16.3 Å². The van der Waals surface area contributed by atoms with Crippen LogP contribution in [0.5, 0.6) is 0 Å². The number of hydrogen-bond acceptors (Lipinski definition) is 2. The van der Waals surface area contributed by atoms with Gasteiger partial charge in [0.25, 0.3) is 0 Å². The summed E-state index contributed by atoms with van der Waals surface area (Å²) in [7, 11) is 0. The van der Waals surface area contributed by atoms with Crippen LogP contribution < -0.4 is 0 Å². The van der Waals surface area contributed by atoms with Crippen LogP contribution in [0.15, 0.2) is 30.3 Å². The lowest BCUT2D eigenvalue weighted by Crippen LogP contribution is -2.11. The summed E-state index contributed by atoms with van der Waals surface area (Å²) in [5.41, 5.74) is 0.815. The van der Waals surface area contributed by atoms with E-state index in [1.165, 1.54) is 6.42 Å². The van der Waals surface area contributed by atoms with Crippen molar-refractivity contribution in [3.63, 3.8) is 0 Å². The summed E-state index contributed by atoms with van der Waals surface area (Å²) in [6.07, 6.45) is 0.963. The van der Waals surface area contributed by atoms with Crippen molar-refractivity contribution in [3.05, 3.63) is 42.3 Å². The monoisotopic (exact) mass is 180 g/mol. The highest BCUT2D eigenvalue weighted by molar-refractivity contribution is 5.19. The lowest BCUT2D eigenvalue weighted by atomic mass is 10.0. The molecular formula is C11H16O2+. The molecule has 0 aromatic heterocycles. The highest BCUT2D eigenvalue weighted by atomic mass is 16.3. The summed E-state index contributed by atoms with van der Waals surface area (Å²) in [5.74, 6) is 0. The average molecular weight is 180 g/mol. The van der Waals surface area contributed by atoms with Crippen molar-refractivity contribution in [1.82, 2.24) is 0 Å². The van der Waals surface area contributed by atoms with Crippen LogP contribution >= 0.6 is 0 Å². The second kappa shape index (κ2) is 5.00. The first kappa shape index (κ1) is 10.2. The van der Waals surface area contributed by atoms with Crippen molar-refractivity contribution in [2.45, 2.75) is 25.6 Å². The highest BCUT2D eigenvalue weighted by Crippen LogP contribution is 2.17. The predicted molar refractivity (Wildman–Crippen MR) is 53.1 cm³/mol. The topological polar surface area (TPSA) is 40.5 Å². The molecule has 0 bridgehead atoms. The van der Waals surface area contributed by atoms with Gasteiger partial charge in [-0.1, -0.05) is 37.3 Å². The first-order valence-corrected chi connectivity index (χ1v) is 4.50. The van der Waals surface area contributed by atoms with Crippen LogP contribution in [-0.2, 0) is 0 Å². The zero-order valence-electron chi connectivity index (χ0n) is 8.72. The Balaban J connectivity index is 0.00000169. The largest absolute Gasteiger partial charge is 1.00 e. The summed E-state index contributed by atoms with van der Waals surface area (Å²) in [6.45, 7) is 1.87. The predicted octanol–water partition coefficient (Wildman–Crippen LogP) is 1.81. The van der Waals surface area contributed by atoms with Gasteiger partial charge in [-0.25, -0.2) is 0 Å². The minimum atomic E-state index is -0.670.